The van der Waals surface area contributed by atoms with Crippen LogP contribution in [0.1, 0.15) is 17.2 Å². The van der Waals surface area contributed by atoms with E-state index in [1.165, 1.54) is 23.4 Å². The van der Waals surface area contributed by atoms with Crippen LogP contribution in [0.2, 0.25) is 5.02 Å². The summed E-state index contributed by atoms with van der Waals surface area (Å²) in [7, 11) is 2.08. The highest BCUT2D eigenvalue weighted by molar-refractivity contribution is 6.39. The third-order valence-corrected chi connectivity index (χ3v) is 6.23. The molecule has 0 saturated carbocycles. The number of halogens is 2. The Balaban J connectivity index is 1.44. The molecule has 1 unspecified atom stereocenters. The number of amides is 2. The van der Waals surface area contributed by atoms with Gasteiger partial charge in [0.05, 0.1) is 24.3 Å². The summed E-state index contributed by atoms with van der Waals surface area (Å²) in [6.07, 6.45) is 0.991. The van der Waals surface area contributed by atoms with Crippen LogP contribution in [-0.2, 0) is 20.7 Å². The minimum atomic E-state index is -0.830. The van der Waals surface area contributed by atoms with E-state index in [9.17, 15) is 14.0 Å². The van der Waals surface area contributed by atoms with Crippen LogP contribution in [-0.4, -0.2) is 63.2 Å². The molecule has 0 bridgehead atoms. The number of hydrogen-bond acceptors (Lipinski definition) is 5. The Morgan fingerprint density at radius 2 is 1.91 bits per heavy atom. The number of morpholine rings is 1. The first-order chi connectivity index (χ1) is 15.4. The van der Waals surface area contributed by atoms with Gasteiger partial charge < -0.3 is 20.3 Å². The van der Waals surface area contributed by atoms with E-state index in [4.69, 9.17) is 16.3 Å². The van der Waals surface area contributed by atoms with Gasteiger partial charge in [-0.15, -0.1) is 0 Å². The first kappa shape index (κ1) is 22.5. The number of ether oxygens (including phenoxy) is 1. The van der Waals surface area contributed by atoms with E-state index in [1.54, 1.807) is 0 Å². The molecule has 170 valence electrons. The summed E-state index contributed by atoms with van der Waals surface area (Å²) in [6.45, 7) is 4.03. The lowest BCUT2D eigenvalue weighted by Crippen LogP contribution is -2.45. The Bertz CT molecular complexity index is 1010. The Hall–Kier alpha value is -2.68. The minimum Gasteiger partial charge on any atom is -0.379 e. The molecule has 0 aliphatic carbocycles. The number of nitrogens with one attached hydrogen (secondary N) is 2. The Labute approximate surface area is 191 Å². The zero-order valence-corrected chi connectivity index (χ0v) is 18.6. The molecule has 4 rings (SSSR count). The number of rotatable bonds is 5. The third-order valence-electron chi connectivity index (χ3n) is 5.94. The maximum absolute atomic E-state index is 13.3. The first-order valence-corrected chi connectivity index (χ1v) is 11.0. The predicted molar refractivity (Wildman–Crippen MR) is 122 cm³/mol. The summed E-state index contributed by atoms with van der Waals surface area (Å²) >= 11 is 5.74. The number of likely N-dealkylation sites (N-methyl/N-ethyl adjacent to an activating group) is 1. The summed E-state index contributed by atoms with van der Waals surface area (Å²) in [5.74, 6) is -2.18. The summed E-state index contributed by atoms with van der Waals surface area (Å²) in [6, 6.07) is 10.1. The normalized spacial score (nSPS) is 17.0. The van der Waals surface area contributed by atoms with Gasteiger partial charge in [-0.3, -0.25) is 14.5 Å². The topological polar surface area (TPSA) is 73.9 Å². The number of benzene rings is 2. The van der Waals surface area contributed by atoms with Crippen molar-refractivity contribution >= 4 is 34.8 Å². The molecule has 2 aromatic carbocycles. The quantitative estimate of drug-likeness (QED) is 0.671. The second-order valence-electron chi connectivity index (χ2n) is 8.02. The van der Waals surface area contributed by atoms with Gasteiger partial charge in [0.15, 0.2) is 0 Å². The number of hydrogen-bond donors (Lipinski definition) is 2. The summed E-state index contributed by atoms with van der Waals surface area (Å²) in [4.78, 5) is 29.3. The van der Waals surface area contributed by atoms with Crippen molar-refractivity contribution in [3.05, 3.63) is 58.4 Å². The average Bonchev–Trinajstić information content (AvgIpc) is 3.17. The molecule has 32 heavy (non-hydrogen) atoms. The number of nitrogens with zero attached hydrogens (tertiary/aromatic N) is 2. The van der Waals surface area contributed by atoms with Crippen molar-refractivity contribution in [1.82, 2.24) is 10.2 Å². The molecule has 1 saturated heterocycles. The highest BCUT2D eigenvalue weighted by atomic mass is 35.5. The molecule has 0 spiro atoms. The summed E-state index contributed by atoms with van der Waals surface area (Å²) in [5.41, 5.74) is 3.88. The lowest BCUT2D eigenvalue weighted by atomic mass is 10.0. The van der Waals surface area contributed by atoms with Crippen LogP contribution in [0.25, 0.3) is 0 Å². The van der Waals surface area contributed by atoms with Gasteiger partial charge in [0.1, 0.15) is 5.82 Å². The minimum absolute atomic E-state index is 0.0767. The van der Waals surface area contributed by atoms with Crippen molar-refractivity contribution in [2.45, 2.75) is 12.5 Å². The second-order valence-corrected chi connectivity index (χ2v) is 8.42. The largest absolute Gasteiger partial charge is 0.379 e. The van der Waals surface area contributed by atoms with Gasteiger partial charge in [0.25, 0.3) is 0 Å². The zero-order chi connectivity index (χ0) is 22.7. The molecule has 2 aliphatic heterocycles. The van der Waals surface area contributed by atoms with Crippen molar-refractivity contribution in [2.24, 2.45) is 0 Å². The fourth-order valence-electron chi connectivity index (χ4n) is 4.17. The molecule has 2 aliphatic rings. The van der Waals surface area contributed by atoms with Gasteiger partial charge in [-0.1, -0.05) is 23.7 Å². The highest BCUT2D eigenvalue weighted by Crippen LogP contribution is 2.31. The van der Waals surface area contributed by atoms with Crippen LogP contribution < -0.4 is 15.5 Å². The van der Waals surface area contributed by atoms with Crippen LogP contribution in [0.4, 0.5) is 15.8 Å². The van der Waals surface area contributed by atoms with E-state index in [0.29, 0.717) is 13.2 Å². The fraction of sp³-hybridized carbons (Fsp3) is 0.391. The van der Waals surface area contributed by atoms with Gasteiger partial charge in [-0.25, -0.2) is 4.39 Å². The Morgan fingerprint density at radius 1 is 1.12 bits per heavy atom. The molecule has 7 nitrogen and oxygen atoms in total. The maximum Gasteiger partial charge on any atom is 0.313 e. The predicted octanol–water partition coefficient (Wildman–Crippen LogP) is 2.60. The van der Waals surface area contributed by atoms with E-state index in [0.717, 1.165) is 37.7 Å². The van der Waals surface area contributed by atoms with Crippen LogP contribution in [0, 0.1) is 5.82 Å². The average molecular weight is 461 g/mol. The van der Waals surface area contributed by atoms with Crippen molar-refractivity contribution in [3.63, 3.8) is 0 Å². The molecule has 9 heteroatoms. The maximum atomic E-state index is 13.3. The Morgan fingerprint density at radius 3 is 2.66 bits per heavy atom. The number of fused-ring (bicyclic) bond motifs is 1. The SMILES string of the molecule is CN1CCc2cc(C(CNC(=O)C(=O)Nc3ccc(F)c(Cl)c3)N3CCOCC3)ccc21. The molecule has 0 aromatic heterocycles. The number of carbonyl (C=O) groups is 2. The first-order valence-electron chi connectivity index (χ1n) is 10.6. The van der Waals surface area contributed by atoms with Crippen molar-refractivity contribution in [3.8, 4) is 0 Å². The third kappa shape index (κ3) is 5.03. The fourth-order valence-corrected chi connectivity index (χ4v) is 4.35. The van der Waals surface area contributed by atoms with E-state index >= 15 is 0 Å². The van der Waals surface area contributed by atoms with E-state index in [2.05, 4.69) is 45.7 Å². The van der Waals surface area contributed by atoms with Gasteiger partial charge in [-0.05, 0) is 41.8 Å². The van der Waals surface area contributed by atoms with Crippen LogP contribution >= 0.6 is 11.6 Å². The van der Waals surface area contributed by atoms with Gasteiger partial charge in [-0.2, -0.15) is 0 Å². The molecule has 2 N–H and O–H groups in total. The molecule has 1 atom stereocenters. The van der Waals surface area contributed by atoms with Crippen LogP contribution in [0.15, 0.2) is 36.4 Å². The van der Waals surface area contributed by atoms with Gasteiger partial charge in [0, 0.05) is 44.6 Å². The van der Waals surface area contributed by atoms with Crippen molar-refractivity contribution in [2.75, 3.05) is 56.7 Å². The summed E-state index contributed by atoms with van der Waals surface area (Å²) < 4.78 is 18.8. The molecule has 0 radical (unpaired) electrons. The van der Waals surface area contributed by atoms with Gasteiger partial charge >= 0.3 is 11.8 Å². The van der Waals surface area contributed by atoms with Crippen LogP contribution in [0.5, 0.6) is 0 Å². The van der Waals surface area contributed by atoms with Crippen molar-refractivity contribution in [1.29, 1.82) is 0 Å². The van der Waals surface area contributed by atoms with Crippen molar-refractivity contribution < 1.29 is 18.7 Å². The zero-order valence-electron chi connectivity index (χ0n) is 17.9. The molecular formula is C23H26ClFN4O3. The lowest BCUT2D eigenvalue weighted by Gasteiger charge is -2.35. The van der Waals surface area contributed by atoms with E-state index in [-0.39, 0.29) is 23.3 Å². The second kappa shape index (κ2) is 9.85. The van der Waals surface area contributed by atoms with Crippen LogP contribution in [0.3, 0.4) is 0 Å². The van der Waals surface area contributed by atoms with E-state index < -0.39 is 17.6 Å². The molecule has 1 fully saturated rings. The number of anilines is 2. The van der Waals surface area contributed by atoms with E-state index in [1.807, 2.05) is 0 Å². The monoisotopic (exact) mass is 460 g/mol. The standard InChI is InChI=1S/C23H26ClFN4O3/c1-28-7-6-16-12-15(2-5-20(16)28)21(29-8-10-32-11-9-29)14-26-22(30)23(31)27-17-3-4-19(25)18(24)13-17/h2-5,12-13,21H,6-11,14H2,1H3,(H,26,30)(H,27,31). The molecule has 2 aromatic rings. The summed E-state index contributed by atoms with van der Waals surface area (Å²) in [5, 5.41) is 5.07. The Kier molecular flexibility index (Phi) is 6.93. The smallest absolute Gasteiger partial charge is 0.313 e. The highest BCUT2D eigenvalue weighted by Gasteiger charge is 2.26. The number of carbonyl (C=O) groups excluding carboxylic acids is 2. The lowest BCUT2D eigenvalue weighted by molar-refractivity contribution is -0.136. The molecule has 2 heterocycles. The molecule has 2 amide bonds. The molecular weight excluding hydrogens is 435 g/mol. The van der Waals surface area contributed by atoms with Gasteiger partial charge in [0.2, 0.25) is 0 Å².